The minimum atomic E-state index is -4.56. The number of benzene rings is 2. The Hall–Kier alpha value is -2.32. The van der Waals surface area contributed by atoms with Crippen LogP contribution in [0.5, 0.6) is 11.5 Å². The molecular weight excluding hydrogens is 374 g/mol. The highest BCUT2D eigenvalue weighted by molar-refractivity contribution is 6.68. The monoisotopic (exact) mass is 379 g/mol. The molecule has 5 nitrogen and oxygen atoms in total. The summed E-state index contributed by atoms with van der Waals surface area (Å²) in [5.41, 5.74) is -1.90. The molecule has 0 fully saturated rings. The molecular formula is C14H6Cl2F3NO4. The quantitative estimate of drug-likeness (QED) is 0.403. The molecule has 0 unspecified atom stereocenters. The Kier molecular flexibility index (Phi) is 5.00. The summed E-state index contributed by atoms with van der Waals surface area (Å²) in [4.78, 5) is 21.3. The Bertz CT molecular complexity index is 824. The van der Waals surface area contributed by atoms with E-state index < -0.39 is 33.2 Å². The van der Waals surface area contributed by atoms with Crippen LogP contribution in [0.1, 0.15) is 15.9 Å². The Labute approximate surface area is 142 Å². The van der Waals surface area contributed by atoms with Gasteiger partial charge in [-0.3, -0.25) is 14.9 Å². The summed E-state index contributed by atoms with van der Waals surface area (Å²) < 4.78 is 43.0. The number of nitrogens with zero attached hydrogens (tertiary/aromatic N) is 1. The molecule has 0 aliphatic rings. The lowest BCUT2D eigenvalue weighted by Gasteiger charge is -2.11. The fraction of sp³-hybridized carbons (Fsp3) is 0.0714. The van der Waals surface area contributed by atoms with Gasteiger partial charge in [-0.05, 0) is 41.9 Å². The second-order valence-electron chi connectivity index (χ2n) is 4.45. The molecule has 0 N–H and O–H groups in total. The molecule has 2 rings (SSSR count). The van der Waals surface area contributed by atoms with Crippen LogP contribution in [0, 0.1) is 10.1 Å². The minimum absolute atomic E-state index is 0.0498. The van der Waals surface area contributed by atoms with Crippen LogP contribution in [0.15, 0.2) is 36.4 Å². The fourth-order valence-corrected chi connectivity index (χ4v) is 2.15. The number of alkyl halides is 3. The number of rotatable bonds is 4. The molecule has 2 aromatic carbocycles. The van der Waals surface area contributed by atoms with Gasteiger partial charge >= 0.3 is 6.18 Å². The summed E-state index contributed by atoms with van der Waals surface area (Å²) in [6.07, 6.45) is -4.56. The van der Waals surface area contributed by atoms with Gasteiger partial charge in [0.05, 0.1) is 15.5 Å². The molecule has 126 valence electrons. The Balaban J connectivity index is 2.37. The summed E-state index contributed by atoms with van der Waals surface area (Å²) in [6, 6.07) is 5.59. The van der Waals surface area contributed by atoms with Gasteiger partial charge in [0.15, 0.2) is 0 Å². The molecule has 0 heterocycles. The van der Waals surface area contributed by atoms with Crippen LogP contribution in [-0.2, 0) is 6.18 Å². The van der Waals surface area contributed by atoms with Crippen molar-refractivity contribution in [2.75, 3.05) is 0 Å². The second kappa shape index (κ2) is 6.66. The van der Waals surface area contributed by atoms with Gasteiger partial charge in [0.2, 0.25) is 0 Å². The fourth-order valence-electron chi connectivity index (χ4n) is 1.78. The van der Waals surface area contributed by atoms with E-state index in [0.717, 1.165) is 30.3 Å². The maximum absolute atomic E-state index is 12.6. The normalized spacial score (nSPS) is 11.2. The van der Waals surface area contributed by atoms with Crippen molar-refractivity contribution in [3.05, 3.63) is 62.7 Å². The molecule has 0 aromatic heterocycles. The summed E-state index contributed by atoms with van der Waals surface area (Å²) in [6.45, 7) is 0. The molecule has 0 saturated heterocycles. The lowest BCUT2D eigenvalue weighted by Crippen LogP contribution is -2.04. The van der Waals surface area contributed by atoms with E-state index in [0.29, 0.717) is 6.07 Å². The first-order valence-electron chi connectivity index (χ1n) is 6.12. The molecule has 0 bridgehead atoms. The van der Waals surface area contributed by atoms with Crippen molar-refractivity contribution < 1.29 is 27.6 Å². The standard InChI is InChI=1S/C14H6Cl2F3NO4/c15-10-5-7(14(17,18)19)1-4-12(10)24-8-2-3-11(20(22)23)9(6-8)13(16)21/h1-6H. The van der Waals surface area contributed by atoms with Crippen LogP contribution in [0.25, 0.3) is 0 Å². The Morgan fingerprint density at radius 3 is 2.33 bits per heavy atom. The van der Waals surface area contributed by atoms with Gasteiger partial charge in [-0.2, -0.15) is 13.2 Å². The van der Waals surface area contributed by atoms with E-state index in [9.17, 15) is 28.1 Å². The van der Waals surface area contributed by atoms with Gasteiger partial charge in [0.1, 0.15) is 17.1 Å². The predicted molar refractivity (Wildman–Crippen MR) is 79.8 cm³/mol. The van der Waals surface area contributed by atoms with Gasteiger partial charge < -0.3 is 4.74 Å². The molecule has 0 aliphatic heterocycles. The highest BCUT2D eigenvalue weighted by atomic mass is 35.5. The lowest BCUT2D eigenvalue weighted by molar-refractivity contribution is -0.385. The number of carbonyl (C=O) groups excluding carboxylic acids is 1. The molecule has 0 saturated carbocycles. The third-order valence-corrected chi connectivity index (χ3v) is 3.36. The highest BCUT2D eigenvalue weighted by Gasteiger charge is 2.31. The van der Waals surface area contributed by atoms with Crippen molar-refractivity contribution in [1.29, 1.82) is 0 Å². The van der Waals surface area contributed by atoms with E-state index in [1.54, 1.807) is 0 Å². The van der Waals surface area contributed by atoms with Gasteiger partial charge in [-0.25, -0.2) is 0 Å². The van der Waals surface area contributed by atoms with Crippen molar-refractivity contribution in [2.45, 2.75) is 6.18 Å². The zero-order valence-corrected chi connectivity index (χ0v) is 12.9. The van der Waals surface area contributed by atoms with Gasteiger partial charge in [-0.1, -0.05) is 11.6 Å². The van der Waals surface area contributed by atoms with Crippen LogP contribution in [-0.4, -0.2) is 10.2 Å². The number of hydrogen-bond acceptors (Lipinski definition) is 4. The minimum Gasteiger partial charge on any atom is -0.456 e. The predicted octanol–water partition coefficient (Wildman–Crippen LogP) is 5.44. The van der Waals surface area contributed by atoms with Crippen molar-refractivity contribution in [1.82, 2.24) is 0 Å². The van der Waals surface area contributed by atoms with E-state index in [-0.39, 0.29) is 16.5 Å². The topological polar surface area (TPSA) is 69.4 Å². The SMILES string of the molecule is O=C(Cl)c1cc(Oc2ccc(C(F)(F)F)cc2Cl)ccc1[N+](=O)[O-]. The largest absolute Gasteiger partial charge is 0.456 e. The second-order valence-corrected chi connectivity index (χ2v) is 5.21. The average Bonchev–Trinajstić information content (AvgIpc) is 2.47. The first-order valence-corrected chi connectivity index (χ1v) is 6.88. The van der Waals surface area contributed by atoms with E-state index >= 15 is 0 Å². The third-order valence-electron chi connectivity index (χ3n) is 2.86. The lowest BCUT2D eigenvalue weighted by atomic mass is 10.2. The molecule has 2 aromatic rings. The molecule has 0 aliphatic carbocycles. The van der Waals surface area contributed by atoms with Crippen molar-refractivity contribution >= 4 is 34.1 Å². The van der Waals surface area contributed by atoms with E-state index in [4.69, 9.17) is 27.9 Å². The third kappa shape index (κ3) is 3.95. The van der Waals surface area contributed by atoms with Crippen LogP contribution >= 0.6 is 23.2 Å². The summed E-state index contributed by atoms with van der Waals surface area (Å²) in [5.74, 6) is -0.169. The first kappa shape index (κ1) is 18.0. The number of carbonyl (C=O) groups is 1. The molecule has 24 heavy (non-hydrogen) atoms. The Morgan fingerprint density at radius 2 is 1.83 bits per heavy atom. The highest BCUT2D eigenvalue weighted by Crippen LogP contribution is 2.37. The van der Waals surface area contributed by atoms with Crippen LogP contribution in [0.2, 0.25) is 5.02 Å². The van der Waals surface area contributed by atoms with Crippen LogP contribution < -0.4 is 4.74 Å². The van der Waals surface area contributed by atoms with E-state index in [2.05, 4.69) is 0 Å². The number of ether oxygens (including phenoxy) is 1. The molecule has 10 heteroatoms. The first-order chi connectivity index (χ1) is 11.1. The molecule has 0 spiro atoms. The van der Waals surface area contributed by atoms with E-state index in [1.165, 1.54) is 0 Å². The number of nitro groups is 1. The molecule has 0 amide bonds. The van der Waals surface area contributed by atoms with E-state index in [1.807, 2.05) is 0 Å². The zero-order valence-electron chi connectivity index (χ0n) is 11.4. The number of hydrogen-bond donors (Lipinski definition) is 0. The van der Waals surface area contributed by atoms with Crippen molar-refractivity contribution in [3.8, 4) is 11.5 Å². The Morgan fingerprint density at radius 1 is 1.17 bits per heavy atom. The molecule has 0 radical (unpaired) electrons. The smallest absolute Gasteiger partial charge is 0.416 e. The summed E-state index contributed by atoms with van der Waals surface area (Å²) in [7, 11) is 0. The summed E-state index contributed by atoms with van der Waals surface area (Å²) >= 11 is 11.0. The van der Waals surface area contributed by atoms with Gasteiger partial charge in [0.25, 0.3) is 10.9 Å². The van der Waals surface area contributed by atoms with Crippen LogP contribution in [0.3, 0.4) is 0 Å². The number of halogens is 5. The molecule has 0 atom stereocenters. The average molecular weight is 380 g/mol. The maximum Gasteiger partial charge on any atom is 0.416 e. The summed E-state index contributed by atoms with van der Waals surface area (Å²) in [5, 5.41) is 9.41. The number of nitro benzene ring substituents is 1. The maximum atomic E-state index is 12.6. The van der Waals surface area contributed by atoms with Crippen LogP contribution in [0.4, 0.5) is 18.9 Å². The van der Waals surface area contributed by atoms with Gasteiger partial charge in [-0.15, -0.1) is 0 Å². The van der Waals surface area contributed by atoms with Crippen molar-refractivity contribution in [2.24, 2.45) is 0 Å². The van der Waals surface area contributed by atoms with Crippen molar-refractivity contribution in [3.63, 3.8) is 0 Å². The zero-order chi connectivity index (χ0) is 18.1. The van der Waals surface area contributed by atoms with Gasteiger partial charge in [0, 0.05) is 6.07 Å².